The molecule has 1 fully saturated rings. The molecule has 3 rings (SSSR count). The minimum atomic E-state index is 0.175. The van der Waals surface area contributed by atoms with Crippen molar-refractivity contribution in [3.63, 3.8) is 0 Å². The second-order valence-electron chi connectivity index (χ2n) is 6.34. The molecule has 5 heteroatoms. The van der Waals surface area contributed by atoms with Crippen molar-refractivity contribution in [1.29, 1.82) is 0 Å². The summed E-state index contributed by atoms with van der Waals surface area (Å²) in [6.45, 7) is 5.85. The number of carbonyl (C=O) groups is 1. The van der Waals surface area contributed by atoms with Gasteiger partial charge in [0, 0.05) is 23.6 Å². The Morgan fingerprint density at radius 2 is 2.00 bits per heavy atom. The van der Waals surface area contributed by atoms with E-state index in [0.29, 0.717) is 13.1 Å². The molecule has 4 N–H and O–H groups in total. The van der Waals surface area contributed by atoms with Crippen LogP contribution in [-0.2, 0) is 11.2 Å². The first-order chi connectivity index (χ1) is 10.7. The van der Waals surface area contributed by atoms with Crippen LogP contribution in [0.4, 0.5) is 0 Å². The van der Waals surface area contributed by atoms with Crippen LogP contribution in [0.1, 0.15) is 5.56 Å². The maximum atomic E-state index is 12.0. The highest BCUT2D eigenvalue weighted by Crippen LogP contribution is 2.17. The van der Waals surface area contributed by atoms with E-state index >= 15 is 0 Å². The van der Waals surface area contributed by atoms with Crippen LogP contribution in [0.15, 0.2) is 30.5 Å². The highest BCUT2D eigenvalue weighted by Gasteiger charge is 2.21. The summed E-state index contributed by atoms with van der Waals surface area (Å²) in [4.78, 5) is 18.3. The van der Waals surface area contributed by atoms with Crippen molar-refractivity contribution in [1.82, 2.24) is 10.3 Å². The van der Waals surface area contributed by atoms with E-state index in [4.69, 9.17) is 0 Å². The lowest BCUT2D eigenvalue weighted by molar-refractivity contribution is -1.000. The maximum Gasteiger partial charge on any atom is 0.275 e. The topological polar surface area (TPSA) is 53.8 Å². The number of H-pyrrole nitrogens is 1. The molecule has 118 valence electrons. The Hall–Kier alpha value is -1.85. The first-order valence-corrected chi connectivity index (χ1v) is 8.19. The molecule has 0 spiro atoms. The number of likely N-dealkylation sites (N-methyl/N-ethyl adjacent to an activating group) is 1. The number of amides is 1. The zero-order valence-electron chi connectivity index (χ0n) is 13.2. The van der Waals surface area contributed by atoms with Gasteiger partial charge in [-0.1, -0.05) is 18.2 Å². The number of rotatable bonds is 5. The molecule has 0 radical (unpaired) electrons. The molecule has 0 bridgehead atoms. The van der Waals surface area contributed by atoms with Crippen LogP contribution < -0.4 is 15.1 Å². The number of quaternary nitrogens is 2. The fourth-order valence-electron chi connectivity index (χ4n) is 3.17. The summed E-state index contributed by atoms with van der Waals surface area (Å²) in [7, 11) is 2.22. The van der Waals surface area contributed by atoms with Crippen LogP contribution in [-0.4, -0.2) is 57.2 Å². The van der Waals surface area contributed by atoms with Gasteiger partial charge in [0.1, 0.15) is 26.2 Å². The summed E-state index contributed by atoms with van der Waals surface area (Å²) in [5, 5.41) is 4.32. The van der Waals surface area contributed by atoms with Crippen LogP contribution in [0.25, 0.3) is 10.9 Å². The molecule has 22 heavy (non-hydrogen) atoms. The van der Waals surface area contributed by atoms with E-state index in [1.54, 1.807) is 4.90 Å². The third kappa shape index (κ3) is 3.67. The lowest BCUT2D eigenvalue weighted by atomic mass is 10.1. The Balaban J connectivity index is 1.44. The van der Waals surface area contributed by atoms with Crippen molar-refractivity contribution in [3.05, 3.63) is 36.0 Å². The van der Waals surface area contributed by atoms with E-state index in [2.05, 4.69) is 35.5 Å². The molecule has 1 aliphatic rings. The molecule has 2 aromatic rings. The normalized spacial score (nSPS) is 21.9. The van der Waals surface area contributed by atoms with Gasteiger partial charge in [0.25, 0.3) is 5.91 Å². The molecule has 1 amide bonds. The fourth-order valence-corrected chi connectivity index (χ4v) is 3.17. The Labute approximate surface area is 131 Å². The van der Waals surface area contributed by atoms with Crippen LogP contribution in [0.2, 0.25) is 0 Å². The van der Waals surface area contributed by atoms with Gasteiger partial charge >= 0.3 is 0 Å². The summed E-state index contributed by atoms with van der Waals surface area (Å²) in [6, 6.07) is 8.29. The third-order valence-electron chi connectivity index (χ3n) is 4.61. The summed E-state index contributed by atoms with van der Waals surface area (Å²) in [5.74, 6) is 0.175. The van der Waals surface area contributed by atoms with Crippen molar-refractivity contribution < 1.29 is 14.6 Å². The zero-order valence-corrected chi connectivity index (χ0v) is 13.2. The lowest BCUT2D eigenvalue weighted by Crippen LogP contribution is -3.27. The predicted molar refractivity (Wildman–Crippen MR) is 87.2 cm³/mol. The number of hydrogen-bond acceptors (Lipinski definition) is 1. The van der Waals surface area contributed by atoms with Gasteiger partial charge in [0.2, 0.25) is 0 Å². The second-order valence-corrected chi connectivity index (χ2v) is 6.34. The Kier molecular flexibility index (Phi) is 4.75. The van der Waals surface area contributed by atoms with E-state index < -0.39 is 0 Å². The molecule has 1 aliphatic heterocycles. The van der Waals surface area contributed by atoms with Gasteiger partial charge in [-0.2, -0.15) is 0 Å². The average molecular weight is 302 g/mol. The van der Waals surface area contributed by atoms with E-state index in [9.17, 15) is 4.79 Å². The predicted octanol–water partition coefficient (Wildman–Crippen LogP) is -1.76. The van der Waals surface area contributed by atoms with Crippen molar-refractivity contribution in [2.75, 3.05) is 46.3 Å². The minimum Gasteiger partial charge on any atom is -0.361 e. The molecule has 0 aliphatic carbocycles. The van der Waals surface area contributed by atoms with E-state index in [1.165, 1.54) is 15.8 Å². The van der Waals surface area contributed by atoms with Crippen molar-refractivity contribution in [2.45, 2.75) is 6.42 Å². The van der Waals surface area contributed by atoms with Gasteiger partial charge in [0.05, 0.1) is 7.05 Å². The molecule has 0 saturated carbocycles. The smallest absolute Gasteiger partial charge is 0.275 e. The van der Waals surface area contributed by atoms with E-state index in [1.807, 2.05) is 12.3 Å². The van der Waals surface area contributed by atoms with Crippen LogP contribution in [0.3, 0.4) is 0 Å². The summed E-state index contributed by atoms with van der Waals surface area (Å²) < 4.78 is 0. The quantitative estimate of drug-likeness (QED) is 0.520. The standard InChI is InChI=1S/C17H24N4O/c1-20-8-10-21(11-9-20)13-17(22)18-7-6-14-12-19-16-5-3-2-4-15(14)16/h2-5,12,19H,6-11,13H2,1H3,(H,18,22)/p+2. The van der Waals surface area contributed by atoms with Gasteiger partial charge in [-0.05, 0) is 18.1 Å². The number of hydrogen-bond donors (Lipinski definition) is 4. The molecular formula is C17H26N4O+2. The van der Waals surface area contributed by atoms with Gasteiger partial charge < -0.3 is 20.1 Å². The fraction of sp³-hybridized carbons (Fsp3) is 0.471. The Bertz CT molecular complexity index is 628. The Morgan fingerprint density at radius 3 is 2.82 bits per heavy atom. The molecule has 1 aromatic carbocycles. The van der Waals surface area contributed by atoms with Crippen molar-refractivity contribution in [2.24, 2.45) is 0 Å². The zero-order chi connectivity index (χ0) is 15.4. The first kappa shape index (κ1) is 15.1. The summed E-state index contributed by atoms with van der Waals surface area (Å²) in [6.07, 6.45) is 2.92. The number of aromatic nitrogens is 1. The van der Waals surface area contributed by atoms with Crippen LogP contribution in [0, 0.1) is 0 Å². The molecule has 0 unspecified atom stereocenters. The monoisotopic (exact) mass is 302 g/mol. The van der Waals surface area contributed by atoms with Crippen molar-refractivity contribution in [3.8, 4) is 0 Å². The number of piperazine rings is 1. The van der Waals surface area contributed by atoms with E-state index in [0.717, 1.165) is 38.1 Å². The molecular weight excluding hydrogens is 276 g/mol. The SMILES string of the molecule is C[NH+]1CC[NH+](CC(=O)NCCc2c[nH]c3ccccc23)CC1. The van der Waals surface area contributed by atoms with Crippen LogP contribution >= 0.6 is 0 Å². The summed E-state index contributed by atoms with van der Waals surface area (Å²) in [5.41, 5.74) is 2.43. The third-order valence-corrected chi connectivity index (χ3v) is 4.61. The first-order valence-electron chi connectivity index (χ1n) is 8.19. The van der Waals surface area contributed by atoms with Crippen molar-refractivity contribution >= 4 is 16.8 Å². The lowest BCUT2D eigenvalue weighted by Gasteiger charge is -2.26. The van der Waals surface area contributed by atoms with Gasteiger partial charge in [-0.3, -0.25) is 4.79 Å². The second kappa shape index (κ2) is 6.94. The molecule has 1 aromatic heterocycles. The largest absolute Gasteiger partial charge is 0.361 e. The maximum absolute atomic E-state index is 12.0. The number of aromatic amines is 1. The molecule has 0 atom stereocenters. The Morgan fingerprint density at radius 1 is 1.23 bits per heavy atom. The van der Waals surface area contributed by atoms with Gasteiger partial charge in [-0.25, -0.2) is 0 Å². The average Bonchev–Trinajstić information content (AvgIpc) is 2.93. The minimum absolute atomic E-state index is 0.175. The molecule has 1 saturated heterocycles. The van der Waals surface area contributed by atoms with Gasteiger partial charge in [0.15, 0.2) is 6.54 Å². The number of para-hydroxylation sites is 1. The molecule has 5 nitrogen and oxygen atoms in total. The summed E-state index contributed by atoms with van der Waals surface area (Å²) >= 11 is 0. The van der Waals surface area contributed by atoms with Crippen LogP contribution in [0.5, 0.6) is 0 Å². The highest BCUT2D eigenvalue weighted by molar-refractivity contribution is 5.83. The number of fused-ring (bicyclic) bond motifs is 1. The van der Waals surface area contributed by atoms with Gasteiger partial charge in [-0.15, -0.1) is 0 Å². The number of benzene rings is 1. The highest BCUT2D eigenvalue weighted by atomic mass is 16.2. The number of carbonyl (C=O) groups excluding carboxylic acids is 1. The number of nitrogens with one attached hydrogen (secondary N) is 4. The van der Waals surface area contributed by atoms with E-state index in [-0.39, 0.29) is 5.91 Å². The molecule has 2 heterocycles.